The van der Waals surface area contributed by atoms with E-state index in [4.69, 9.17) is 12.2 Å². The summed E-state index contributed by atoms with van der Waals surface area (Å²) in [7, 11) is 0. The van der Waals surface area contributed by atoms with Crippen molar-refractivity contribution in [2.45, 2.75) is 46.6 Å². The third-order valence-corrected chi connectivity index (χ3v) is 3.46. The fraction of sp³-hybridized carbons (Fsp3) is 0.500. The zero-order valence-corrected chi connectivity index (χ0v) is 12.5. The highest BCUT2D eigenvalue weighted by Gasteiger charge is 2.09. The molecule has 102 valence electrons. The molecule has 0 atom stereocenters. The lowest BCUT2D eigenvalue weighted by molar-refractivity contribution is 0.603. The Bertz CT molecular complexity index is 612. The van der Waals surface area contributed by atoms with Gasteiger partial charge in [-0.1, -0.05) is 26.1 Å². The van der Waals surface area contributed by atoms with Gasteiger partial charge in [-0.3, -0.25) is 4.68 Å². The summed E-state index contributed by atoms with van der Waals surface area (Å²) in [5.41, 5.74) is 3.15. The van der Waals surface area contributed by atoms with Crippen LogP contribution in [0.2, 0.25) is 0 Å². The van der Waals surface area contributed by atoms with E-state index in [0.717, 1.165) is 48.5 Å². The number of H-pyrrole nitrogens is 1. The van der Waals surface area contributed by atoms with Crippen LogP contribution in [0.3, 0.4) is 0 Å². The van der Waals surface area contributed by atoms with Gasteiger partial charge in [0.1, 0.15) is 10.5 Å². The summed E-state index contributed by atoms with van der Waals surface area (Å²) in [6, 6.07) is 0. The van der Waals surface area contributed by atoms with Crippen LogP contribution < -0.4 is 0 Å². The first-order chi connectivity index (χ1) is 9.15. The molecule has 2 aromatic heterocycles. The van der Waals surface area contributed by atoms with Crippen LogP contribution in [-0.2, 0) is 13.0 Å². The molecule has 0 unspecified atom stereocenters. The van der Waals surface area contributed by atoms with Gasteiger partial charge >= 0.3 is 0 Å². The molecule has 5 heteroatoms. The minimum Gasteiger partial charge on any atom is -0.343 e. The summed E-state index contributed by atoms with van der Waals surface area (Å²) >= 11 is 5.34. The number of nitrogens with zero attached hydrogens (tertiary/aromatic N) is 3. The molecule has 0 aliphatic carbocycles. The predicted octanol–water partition coefficient (Wildman–Crippen LogP) is 3.67. The van der Waals surface area contributed by atoms with Gasteiger partial charge in [-0.05, 0) is 19.8 Å². The number of aryl methyl sites for hydroxylation is 2. The highest BCUT2D eigenvalue weighted by molar-refractivity contribution is 7.71. The molecule has 0 aromatic carbocycles. The number of hydrogen-bond acceptors (Lipinski definition) is 3. The maximum absolute atomic E-state index is 5.34. The van der Waals surface area contributed by atoms with Crippen LogP contribution in [0.15, 0.2) is 12.4 Å². The molecule has 2 aromatic rings. The summed E-state index contributed by atoms with van der Waals surface area (Å²) in [4.78, 5) is 7.82. The van der Waals surface area contributed by atoms with Crippen LogP contribution in [0, 0.1) is 11.6 Å². The minimum atomic E-state index is 0.681. The third-order valence-electron chi connectivity index (χ3n) is 3.06. The van der Waals surface area contributed by atoms with E-state index in [0.29, 0.717) is 4.64 Å². The number of hydrogen-bond donors (Lipinski definition) is 1. The quantitative estimate of drug-likeness (QED) is 0.847. The van der Waals surface area contributed by atoms with Crippen molar-refractivity contribution >= 4 is 12.2 Å². The summed E-state index contributed by atoms with van der Waals surface area (Å²) in [5, 5.41) is 4.37. The lowest BCUT2D eigenvalue weighted by Crippen LogP contribution is -2.00. The van der Waals surface area contributed by atoms with Gasteiger partial charge in [0.2, 0.25) is 0 Å². The lowest BCUT2D eigenvalue weighted by Gasteiger charge is -2.07. The standard InChI is InChI=1S/C14H20N4S/c1-4-6-12-16-13(10(3)14(19)17-12)11-8-15-18(9-11)7-5-2/h8-9H,4-7H2,1-3H3,(H,16,17,19). The molecule has 0 bridgehead atoms. The van der Waals surface area contributed by atoms with E-state index in [1.807, 2.05) is 17.8 Å². The Labute approximate surface area is 118 Å². The van der Waals surface area contributed by atoms with Gasteiger partial charge in [0.25, 0.3) is 0 Å². The Kier molecular flexibility index (Phi) is 4.47. The summed E-state index contributed by atoms with van der Waals surface area (Å²) in [6.07, 6.45) is 7.00. The topological polar surface area (TPSA) is 46.5 Å². The molecule has 4 nitrogen and oxygen atoms in total. The smallest absolute Gasteiger partial charge is 0.133 e. The average Bonchev–Trinajstić information content (AvgIpc) is 2.83. The second kappa shape index (κ2) is 6.10. The van der Waals surface area contributed by atoms with Crippen molar-refractivity contribution in [3.05, 3.63) is 28.4 Å². The van der Waals surface area contributed by atoms with Crippen molar-refractivity contribution in [3.63, 3.8) is 0 Å². The van der Waals surface area contributed by atoms with Gasteiger partial charge in [0.05, 0.1) is 11.9 Å². The maximum atomic E-state index is 5.34. The monoisotopic (exact) mass is 276 g/mol. The second-order valence-corrected chi connectivity index (χ2v) is 5.12. The van der Waals surface area contributed by atoms with E-state index in [1.165, 1.54) is 0 Å². The zero-order valence-electron chi connectivity index (χ0n) is 11.7. The second-order valence-electron chi connectivity index (χ2n) is 4.73. The van der Waals surface area contributed by atoms with Crippen molar-refractivity contribution < 1.29 is 0 Å². The molecular formula is C14H20N4S. The van der Waals surface area contributed by atoms with Crippen molar-refractivity contribution in [2.24, 2.45) is 0 Å². The Balaban J connectivity index is 2.44. The summed E-state index contributed by atoms with van der Waals surface area (Å²) in [5.74, 6) is 0.955. The first-order valence-electron chi connectivity index (χ1n) is 6.78. The van der Waals surface area contributed by atoms with Crippen molar-refractivity contribution in [1.82, 2.24) is 19.7 Å². The van der Waals surface area contributed by atoms with E-state index >= 15 is 0 Å². The van der Waals surface area contributed by atoms with Crippen LogP contribution in [0.1, 0.15) is 38.1 Å². The lowest BCUT2D eigenvalue weighted by atomic mass is 10.1. The van der Waals surface area contributed by atoms with E-state index < -0.39 is 0 Å². The normalized spacial score (nSPS) is 10.9. The van der Waals surface area contributed by atoms with Crippen LogP contribution in [0.25, 0.3) is 11.3 Å². The molecule has 0 spiro atoms. The predicted molar refractivity (Wildman–Crippen MR) is 79.7 cm³/mol. The fourth-order valence-electron chi connectivity index (χ4n) is 2.07. The van der Waals surface area contributed by atoms with Crippen molar-refractivity contribution in [3.8, 4) is 11.3 Å². The maximum Gasteiger partial charge on any atom is 0.133 e. The molecular weight excluding hydrogens is 256 g/mol. The van der Waals surface area contributed by atoms with Crippen molar-refractivity contribution in [2.75, 3.05) is 0 Å². The van der Waals surface area contributed by atoms with Gasteiger partial charge in [-0.2, -0.15) is 5.10 Å². The minimum absolute atomic E-state index is 0.681. The Morgan fingerprint density at radius 2 is 2.11 bits per heavy atom. The number of nitrogens with one attached hydrogen (secondary N) is 1. The van der Waals surface area contributed by atoms with Crippen molar-refractivity contribution in [1.29, 1.82) is 0 Å². The van der Waals surface area contributed by atoms with E-state index in [9.17, 15) is 0 Å². The molecule has 0 saturated carbocycles. The molecule has 0 aliphatic heterocycles. The SMILES string of the molecule is CCCc1nc(=S)c(C)c(-c2cnn(CCC)c2)[nH]1. The Morgan fingerprint density at radius 3 is 2.79 bits per heavy atom. The molecule has 1 N–H and O–H groups in total. The number of aromatic nitrogens is 4. The van der Waals surface area contributed by atoms with Gasteiger partial charge in [-0.15, -0.1) is 0 Å². The summed E-state index contributed by atoms with van der Waals surface area (Å²) < 4.78 is 2.64. The highest BCUT2D eigenvalue weighted by atomic mass is 32.1. The molecule has 0 amide bonds. The van der Waals surface area contributed by atoms with Gasteiger partial charge in [0.15, 0.2) is 0 Å². The fourth-order valence-corrected chi connectivity index (χ4v) is 2.28. The van der Waals surface area contributed by atoms with Crippen LogP contribution in [0.5, 0.6) is 0 Å². The number of aromatic amines is 1. The largest absolute Gasteiger partial charge is 0.343 e. The highest BCUT2D eigenvalue weighted by Crippen LogP contribution is 2.21. The average molecular weight is 276 g/mol. The molecule has 0 aliphatic rings. The van der Waals surface area contributed by atoms with E-state index in [-0.39, 0.29) is 0 Å². The van der Waals surface area contributed by atoms with Crippen LogP contribution >= 0.6 is 12.2 Å². The Morgan fingerprint density at radius 1 is 1.32 bits per heavy atom. The Hall–Kier alpha value is -1.49. The molecule has 2 rings (SSSR count). The molecule has 19 heavy (non-hydrogen) atoms. The van der Waals surface area contributed by atoms with Crippen LogP contribution in [-0.4, -0.2) is 19.7 Å². The molecule has 0 fully saturated rings. The van der Waals surface area contributed by atoms with Gasteiger partial charge < -0.3 is 4.98 Å². The van der Waals surface area contributed by atoms with E-state index in [1.54, 1.807) is 0 Å². The first kappa shape index (κ1) is 13.9. The zero-order chi connectivity index (χ0) is 13.8. The van der Waals surface area contributed by atoms with Gasteiger partial charge in [-0.25, -0.2) is 4.98 Å². The summed E-state index contributed by atoms with van der Waals surface area (Å²) in [6.45, 7) is 7.23. The molecule has 2 heterocycles. The third kappa shape index (κ3) is 3.10. The van der Waals surface area contributed by atoms with Crippen LogP contribution in [0.4, 0.5) is 0 Å². The first-order valence-corrected chi connectivity index (χ1v) is 7.19. The van der Waals surface area contributed by atoms with Gasteiger partial charge in [0, 0.05) is 30.3 Å². The molecule has 0 radical (unpaired) electrons. The van der Waals surface area contributed by atoms with E-state index in [2.05, 4.69) is 35.1 Å². The number of rotatable bonds is 5. The molecule has 0 saturated heterocycles.